The zero-order chi connectivity index (χ0) is 9.14. The Morgan fingerprint density at radius 1 is 1.58 bits per heavy atom. The molecule has 0 heterocycles. The molecule has 0 aromatic heterocycles. The summed E-state index contributed by atoms with van der Waals surface area (Å²) in [6.07, 6.45) is 0.861. The third-order valence-corrected chi connectivity index (χ3v) is 2.09. The zero-order valence-electron chi connectivity index (χ0n) is 6.69. The fourth-order valence-corrected chi connectivity index (χ4v) is 1.13. The summed E-state index contributed by atoms with van der Waals surface area (Å²) in [4.78, 5) is 10.9. The summed E-state index contributed by atoms with van der Waals surface area (Å²) in [6, 6.07) is 4.95. The average molecular weight is 182 g/mol. The van der Waals surface area contributed by atoms with Gasteiger partial charge >= 0.3 is 0 Å². The van der Waals surface area contributed by atoms with Crippen LogP contribution in [0.3, 0.4) is 0 Å². The van der Waals surface area contributed by atoms with E-state index in [1.807, 2.05) is 0 Å². The molecular formula is C9H10O2S. The van der Waals surface area contributed by atoms with Crippen molar-refractivity contribution in [2.24, 2.45) is 0 Å². The molecule has 0 radical (unpaired) electrons. The maximum atomic E-state index is 10.4. The van der Waals surface area contributed by atoms with Crippen molar-refractivity contribution in [2.45, 2.75) is 17.7 Å². The molecule has 3 heteroatoms. The lowest BCUT2D eigenvalue weighted by Gasteiger charge is -2.05. The highest BCUT2D eigenvalue weighted by atomic mass is 32.1. The minimum atomic E-state index is -0.142. The molecule has 0 aliphatic rings. The molecule has 0 saturated carbocycles. The Morgan fingerprint density at radius 3 is 2.75 bits per heavy atom. The molecule has 0 fully saturated rings. The summed E-state index contributed by atoms with van der Waals surface area (Å²) in [5.41, 5.74) is 0.868. The Bertz CT molecular complexity index is 297. The Kier molecular flexibility index (Phi) is 2.76. The van der Waals surface area contributed by atoms with Gasteiger partial charge in [-0.15, -0.1) is 12.6 Å². The van der Waals surface area contributed by atoms with Crippen molar-refractivity contribution in [3.8, 4) is 5.75 Å². The van der Waals surface area contributed by atoms with E-state index >= 15 is 0 Å². The molecule has 0 saturated heterocycles. The van der Waals surface area contributed by atoms with Crippen molar-refractivity contribution >= 4 is 18.9 Å². The molecule has 2 nitrogen and oxygen atoms in total. The van der Waals surface area contributed by atoms with Crippen LogP contribution in [0, 0.1) is 0 Å². The van der Waals surface area contributed by atoms with Crippen LogP contribution in [0.2, 0.25) is 0 Å². The second-order valence-electron chi connectivity index (χ2n) is 2.67. The topological polar surface area (TPSA) is 37.3 Å². The van der Waals surface area contributed by atoms with Crippen LogP contribution in [0.15, 0.2) is 23.1 Å². The molecule has 12 heavy (non-hydrogen) atoms. The smallest absolute Gasteiger partial charge is 0.128 e. The molecule has 1 aromatic carbocycles. The molecular weight excluding hydrogens is 172 g/mol. The van der Waals surface area contributed by atoms with Crippen LogP contribution in [0.25, 0.3) is 0 Å². The van der Waals surface area contributed by atoms with Gasteiger partial charge in [-0.05, 0) is 17.7 Å². The third-order valence-electron chi connectivity index (χ3n) is 1.73. The number of thiol groups is 1. The molecule has 1 aromatic rings. The van der Waals surface area contributed by atoms with E-state index < -0.39 is 0 Å². The predicted molar refractivity (Wildman–Crippen MR) is 49.8 cm³/mol. The molecule has 1 atom stereocenters. The molecule has 1 unspecified atom stereocenters. The molecule has 0 amide bonds. The lowest BCUT2D eigenvalue weighted by Crippen LogP contribution is -1.93. The number of hydrogen-bond donors (Lipinski definition) is 2. The van der Waals surface area contributed by atoms with Crippen LogP contribution in [0.5, 0.6) is 5.75 Å². The number of phenolic OH excluding ortho intramolecular Hbond substituents is 1. The van der Waals surface area contributed by atoms with Gasteiger partial charge in [0.2, 0.25) is 0 Å². The number of carbonyl (C=O) groups excluding carboxylic acids is 1. The number of rotatable bonds is 2. The van der Waals surface area contributed by atoms with E-state index in [2.05, 4.69) is 12.6 Å². The molecule has 1 N–H and O–H groups in total. The van der Waals surface area contributed by atoms with Crippen molar-refractivity contribution in [3.63, 3.8) is 0 Å². The van der Waals surface area contributed by atoms with Gasteiger partial charge in [-0.25, -0.2) is 0 Å². The van der Waals surface area contributed by atoms with E-state index in [1.165, 1.54) is 6.07 Å². The maximum absolute atomic E-state index is 10.4. The van der Waals surface area contributed by atoms with Gasteiger partial charge in [0.25, 0.3) is 0 Å². The maximum Gasteiger partial charge on any atom is 0.128 e. The van der Waals surface area contributed by atoms with Gasteiger partial charge in [-0.2, -0.15) is 0 Å². The highest BCUT2D eigenvalue weighted by molar-refractivity contribution is 7.80. The predicted octanol–water partition coefficient (Wildman–Crippen LogP) is 1.98. The number of aldehydes is 1. The Hall–Kier alpha value is -0.960. The standard InChI is InChI=1S/C9H10O2S/c1-6(5-10)7-2-3-8(11)9(12)4-7/h2-6,11-12H,1H3. The van der Waals surface area contributed by atoms with Crippen molar-refractivity contribution in [3.05, 3.63) is 23.8 Å². The quantitative estimate of drug-likeness (QED) is 0.542. The minimum absolute atomic E-state index is 0.139. The van der Waals surface area contributed by atoms with Gasteiger partial charge in [0, 0.05) is 10.8 Å². The first-order valence-corrected chi connectivity index (χ1v) is 4.07. The van der Waals surface area contributed by atoms with Crippen molar-refractivity contribution < 1.29 is 9.90 Å². The molecule has 0 aliphatic carbocycles. The first-order valence-electron chi connectivity index (χ1n) is 3.62. The van der Waals surface area contributed by atoms with Crippen molar-refractivity contribution in [1.29, 1.82) is 0 Å². The van der Waals surface area contributed by atoms with E-state index in [0.717, 1.165) is 11.8 Å². The fraction of sp³-hybridized carbons (Fsp3) is 0.222. The average Bonchev–Trinajstić information content (AvgIpc) is 2.08. The first kappa shape index (κ1) is 9.13. The van der Waals surface area contributed by atoms with E-state index in [0.29, 0.717) is 4.90 Å². The van der Waals surface area contributed by atoms with Crippen LogP contribution in [-0.2, 0) is 4.79 Å². The highest BCUT2D eigenvalue weighted by Crippen LogP contribution is 2.24. The summed E-state index contributed by atoms with van der Waals surface area (Å²) < 4.78 is 0. The Labute approximate surface area is 76.6 Å². The van der Waals surface area contributed by atoms with Gasteiger partial charge in [-0.3, -0.25) is 0 Å². The molecule has 1 rings (SSSR count). The number of carbonyl (C=O) groups is 1. The monoisotopic (exact) mass is 182 g/mol. The summed E-state index contributed by atoms with van der Waals surface area (Å²) >= 11 is 4.04. The van der Waals surface area contributed by atoms with E-state index in [1.54, 1.807) is 19.1 Å². The number of aromatic hydroxyl groups is 1. The van der Waals surface area contributed by atoms with Crippen molar-refractivity contribution in [2.75, 3.05) is 0 Å². The summed E-state index contributed by atoms with van der Waals surface area (Å²) in [6.45, 7) is 1.80. The largest absolute Gasteiger partial charge is 0.507 e. The fourth-order valence-electron chi connectivity index (χ4n) is 0.902. The molecule has 0 bridgehead atoms. The van der Waals surface area contributed by atoms with Gasteiger partial charge in [0.15, 0.2) is 0 Å². The van der Waals surface area contributed by atoms with E-state index in [-0.39, 0.29) is 11.7 Å². The number of benzene rings is 1. The zero-order valence-corrected chi connectivity index (χ0v) is 7.58. The Morgan fingerprint density at radius 2 is 2.25 bits per heavy atom. The summed E-state index contributed by atoms with van der Waals surface area (Å²) in [7, 11) is 0. The van der Waals surface area contributed by atoms with Crippen LogP contribution in [-0.4, -0.2) is 11.4 Å². The summed E-state index contributed by atoms with van der Waals surface area (Å²) in [5, 5.41) is 9.13. The normalized spacial score (nSPS) is 12.5. The molecule has 0 spiro atoms. The second-order valence-corrected chi connectivity index (χ2v) is 3.15. The third kappa shape index (κ3) is 1.80. The van der Waals surface area contributed by atoms with Crippen LogP contribution in [0.1, 0.15) is 18.4 Å². The van der Waals surface area contributed by atoms with E-state index in [4.69, 9.17) is 5.11 Å². The minimum Gasteiger partial charge on any atom is -0.507 e. The van der Waals surface area contributed by atoms with E-state index in [9.17, 15) is 4.79 Å². The van der Waals surface area contributed by atoms with Gasteiger partial charge in [0.05, 0.1) is 0 Å². The summed E-state index contributed by atoms with van der Waals surface area (Å²) in [5.74, 6) is -0.00307. The lowest BCUT2D eigenvalue weighted by atomic mass is 10.0. The Balaban J connectivity index is 3.04. The van der Waals surface area contributed by atoms with Crippen LogP contribution < -0.4 is 0 Å². The van der Waals surface area contributed by atoms with Gasteiger partial charge in [0.1, 0.15) is 12.0 Å². The number of phenols is 1. The molecule has 0 aliphatic heterocycles. The first-order chi connectivity index (χ1) is 5.65. The lowest BCUT2D eigenvalue weighted by molar-refractivity contribution is -0.108. The molecule has 64 valence electrons. The van der Waals surface area contributed by atoms with Crippen LogP contribution in [0.4, 0.5) is 0 Å². The van der Waals surface area contributed by atoms with Crippen LogP contribution >= 0.6 is 12.6 Å². The second kappa shape index (κ2) is 3.63. The SMILES string of the molecule is CC(C=O)c1ccc(O)c(S)c1. The number of hydrogen-bond acceptors (Lipinski definition) is 3. The van der Waals surface area contributed by atoms with Crippen molar-refractivity contribution in [1.82, 2.24) is 0 Å². The highest BCUT2D eigenvalue weighted by Gasteiger charge is 2.05. The van der Waals surface area contributed by atoms with Gasteiger partial charge in [-0.1, -0.05) is 13.0 Å². The van der Waals surface area contributed by atoms with Gasteiger partial charge < -0.3 is 9.90 Å².